The molecule has 25 heavy (non-hydrogen) atoms. The molecule has 1 fully saturated rings. The minimum atomic E-state index is 0.373. The molecule has 1 saturated heterocycles. The number of nitrogens with zero attached hydrogens (tertiary/aromatic N) is 3. The van der Waals surface area contributed by atoms with Crippen molar-refractivity contribution in [2.24, 2.45) is 4.99 Å². The van der Waals surface area contributed by atoms with Gasteiger partial charge in [0.15, 0.2) is 5.96 Å². The van der Waals surface area contributed by atoms with Gasteiger partial charge in [0, 0.05) is 19.6 Å². The molecule has 1 aromatic rings. The third kappa shape index (κ3) is 6.67. The molecule has 5 nitrogen and oxygen atoms in total. The molecular formula is C20H35N5. The number of likely N-dealkylation sites (N-methyl/N-ethyl adjacent to an activating group) is 1. The van der Waals surface area contributed by atoms with Gasteiger partial charge in [0.25, 0.3) is 0 Å². The molecule has 2 N–H and O–H groups in total. The number of guanidine groups is 1. The van der Waals surface area contributed by atoms with Crippen LogP contribution in [0.3, 0.4) is 0 Å². The molecule has 2 rings (SSSR count). The molecule has 1 aliphatic heterocycles. The molecule has 1 aliphatic rings. The monoisotopic (exact) mass is 345 g/mol. The van der Waals surface area contributed by atoms with Crippen LogP contribution in [0.25, 0.3) is 0 Å². The van der Waals surface area contributed by atoms with Crippen LogP contribution >= 0.6 is 0 Å². The van der Waals surface area contributed by atoms with E-state index in [1.165, 1.54) is 31.5 Å². The van der Waals surface area contributed by atoms with Gasteiger partial charge in [0.05, 0.1) is 12.6 Å². The lowest BCUT2D eigenvalue weighted by atomic mass is 10.1. The lowest BCUT2D eigenvalue weighted by molar-refractivity contribution is 0.251. The van der Waals surface area contributed by atoms with Crippen molar-refractivity contribution in [1.82, 2.24) is 20.4 Å². The number of nitrogens with one attached hydrogen (secondary N) is 2. The maximum Gasteiger partial charge on any atom is 0.191 e. The molecule has 0 spiro atoms. The summed E-state index contributed by atoms with van der Waals surface area (Å²) >= 11 is 0. The van der Waals surface area contributed by atoms with Crippen LogP contribution in [0.15, 0.2) is 35.3 Å². The van der Waals surface area contributed by atoms with Crippen molar-refractivity contribution in [1.29, 1.82) is 0 Å². The first-order valence-corrected chi connectivity index (χ1v) is 9.74. The number of likely N-dealkylation sites (tertiary alicyclic amines) is 1. The van der Waals surface area contributed by atoms with Gasteiger partial charge >= 0.3 is 0 Å². The van der Waals surface area contributed by atoms with Crippen molar-refractivity contribution in [3.63, 3.8) is 0 Å². The second-order valence-corrected chi connectivity index (χ2v) is 6.71. The quantitative estimate of drug-likeness (QED) is 0.532. The van der Waals surface area contributed by atoms with E-state index in [0.717, 1.165) is 38.7 Å². The molecule has 0 aromatic heterocycles. The van der Waals surface area contributed by atoms with E-state index in [2.05, 4.69) is 71.7 Å². The topological polar surface area (TPSA) is 42.9 Å². The fourth-order valence-corrected chi connectivity index (χ4v) is 3.20. The maximum absolute atomic E-state index is 4.89. The van der Waals surface area contributed by atoms with E-state index in [4.69, 9.17) is 4.99 Å². The van der Waals surface area contributed by atoms with E-state index >= 15 is 0 Å². The number of hydrogen-bond donors (Lipinski definition) is 2. The first kappa shape index (κ1) is 19.7. The molecule has 1 heterocycles. The predicted octanol–water partition coefficient (Wildman–Crippen LogP) is 2.33. The Kier molecular flexibility index (Phi) is 8.77. The SMILES string of the molecule is CCNC(=NCC(c1ccccc1)N1CCCC1)NCCN(C)CC. The Balaban J connectivity index is 2.00. The van der Waals surface area contributed by atoms with Crippen LogP contribution in [0, 0.1) is 0 Å². The van der Waals surface area contributed by atoms with Crippen molar-refractivity contribution in [3.05, 3.63) is 35.9 Å². The van der Waals surface area contributed by atoms with Crippen molar-refractivity contribution in [2.45, 2.75) is 32.7 Å². The van der Waals surface area contributed by atoms with Crippen molar-refractivity contribution < 1.29 is 0 Å². The first-order chi connectivity index (χ1) is 12.2. The van der Waals surface area contributed by atoms with E-state index in [9.17, 15) is 0 Å². The number of rotatable bonds is 9. The zero-order chi connectivity index (χ0) is 17.9. The van der Waals surface area contributed by atoms with Crippen LogP contribution in [-0.2, 0) is 0 Å². The fraction of sp³-hybridized carbons (Fsp3) is 0.650. The summed E-state index contributed by atoms with van der Waals surface area (Å²) in [5.41, 5.74) is 1.37. The van der Waals surface area contributed by atoms with Crippen LogP contribution in [0.5, 0.6) is 0 Å². The minimum absolute atomic E-state index is 0.373. The third-order valence-electron chi connectivity index (χ3n) is 4.86. The zero-order valence-corrected chi connectivity index (χ0v) is 16.2. The number of aliphatic imine (C=N–C) groups is 1. The van der Waals surface area contributed by atoms with Gasteiger partial charge in [-0.3, -0.25) is 9.89 Å². The summed E-state index contributed by atoms with van der Waals surface area (Å²) in [4.78, 5) is 9.77. The maximum atomic E-state index is 4.89. The zero-order valence-electron chi connectivity index (χ0n) is 16.2. The molecule has 140 valence electrons. The van der Waals surface area contributed by atoms with Crippen LogP contribution in [0.1, 0.15) is 38.3 Å². The lowest BCUT2D eigenvalue weighted by Crippen LogP contribution is -2.41. The fourth-order valence-electron chi connectivity index (χ4n) is 3.20. The van der Waals surface area contributed by atoms with Crippen LogP contribution < -0.4 is 10.6 Å². The molecular weight excluding hydrogens is 310 g/mol. The van der Waals surface area contributed by atoms with Crippen LogP contribution in [-0.4, -0.2) is 68.6 Å². The standard InChI is InChI=1S/C20H35N5/c1-4-21-20(22-13-16-24(3)5-2)23-17-19(25-14-9-10-15-25)18-11-7-6-8-12-18/h6-8,11-12,19H,4-5,9-10,13-17H2,1-3H3,(H2,21,22,23). The number of hydrogen-bond acceptors (Lipinski definition) is 3. The van der Waals surface area contributed by atoms with E-state index in [1.807, 2.05) is 0 Å². The molecule has 0 saturated carbocycles. The molecule has 1 atom stereocenters. The van der Waals surface area contributed by atoms with Gasteiger partial charge in [0.1, 0.15) is 0 Å². The average Bonchev–Trinajstić information content (AvgIpc) is 3.17. The van der Waals surface area contributed by atoms with Crippen LogP contribution in [0.2, 0.25) is 0 Å². The second-order valence-electron chi connectivity index (χ2n) is 6.71. The van der Waals surface area contributed by atoms with E-state index in [0.29, 0.717) is 6.04 Å². The van der Waals surface area contributed by atoms with Gasteiger partial charge in [-0.25, -0.2) is 0 Å². The molecule has 0 bridgehead atoms. The Labute approximate surface area is 153 Å². The highest BCUT2D eigenvalue weighted by Gasteiger charge is 2.23. The third-order valence-corrected chi connectivity index (χ3v) is 4.86. The minimum Gasteiger partial charge on any atom is -0.357 e. The Morgan fingerprint density at radius 2 is 1.88 bits per heavy atom. The number of benzene rings is 1. The van der Waals surface area contributed by atoms with Crippen molar-refractivity contribution in [3.8, 4) is 0 Å². The van der Waals surface area contributed by atoms with Gasteiger partial charge in [-0.1, -0.05) is 37.3 Å². The highest BCUT2D eigenvalue weighted by molar-refractivity contribution is 5.79. The normalized spacial score (nSPS) is 17.0. The first-order valence-electron chi connectivity index (χ1n) is 9.74. The molecule has 5 heteroatoms. The van der Waals surface area contributed by atoms with Crippen LogP contribution in [0.4, 0.5) is 0 Å². The smallest absolute Gasteiger partial charge is 0.191 e. The highest BCUT2D eigenvalue weighted by Crippen LogP contribution is 2.25. The van der Waals surface area contributed by atoms with E-state index in [1.54, 1.807) is 0 Å². The Hall–Kier alpha value is -1.59. The molecule has 0 radical (unpaired) electrons. The Morgan fingerprint density at radius 1 is 1.16 bits per heavy atom. The van der Waals surface area contributed by atoms with Crippen molar-refractivity contribution in [2.75, 3.05) is 52.9 Å². The summed E-state index contributed by atoms with van der Waals surface area (Å²) < 4.78 is 0. The van der Waals surface area contributed by atoms with Gasteiger partial charge in [-0.2, -0.15) is 0 Å². The lowest BCUT2D eigenvalue weighted by Gasteiger charge is -2.27. The summed E-state index contributed by atoms with van der Waals surface area (Å²) in [6.07, 6.45) is 2.60. The average molecular weight is 346 g/mol. The molecule has 1 aromatic carbocycles. The predicted molar refractivity (Wildman–Crippen MR) is 107 cm³/mol. The van der Waals surface area contributed by atoms with Gasteiger partial charge in [-0.15, -0.1) is 0 Å². The van der Waals surface area contributed by atoms with Crippen molar-refractivity contribution >= 4 is 5.96 Å². The summed E-state index contributed by atoms with van der Waals surface area (Å²) in [5, 5.41) is 6.84. The van der Waals surface area contributed by atoms with Gasteiger partial charge in [0.2, 0.25) is 0 Å². The van der Waals surface area contributed by atoms with Gasteiger partial charge in [-0.05, 0) is 52.0 Å². The second kappa shape index (κ2) is 11.1. The largest absolute Gasteiger partial charge is 0.357 e. The Morgan fingerprint density at radius 3 is 2.52 bits per heavy atom. The summed E-state index contributed by atoms with van der Waals surface area (Å²) in [5.74, 6) is 0.923. The molecule has 1 unspecified atom stereocenters. The summed E-state index contributed by atoms with van der Waals surface area (Å²) in [6.45, 7) is 11.3. The molecule has 0 aliphatic carbocycles. The highest BCUT2D eigenvalue weighted by atomic mass is 15.2. The van der Waals surface area contributed by atoms with E-state index < -0.39 is 0 Å². The summed E-state index contributed by atoms with van der Waals surface area (Å²) in [6, 6.07) is 11.2. The Bertz CT molecular complexity index is 496. The van der Waals surface area contributed by atoms with Gasteiger partial charge < -0.3 is 15.5 Å². The van der Waals surface area contributed by atoms with E-state index in [-0.39, 0.29) is 0 Å². The summed E-state index contributed by atoms with van der Waals surface area (Å²) in [7, 11) is 2.14. The molecule has 0 amide bonds.